The minimum atomic E-state index is -0.960. The largest absolute Gasteiger partial charge is 0.494 e. The Bertz CT molecular complexity index is 604. The Kier molecular flexibility index (Phi) is 13.3. The summed E-state index contributed by atoms with van der Waals surface area (Å²) >= 11 is 0. The molecule has 1 rings (SSSR count). The van der Waals surface area contributed by atoms with Crippen LogP contribution in [-0.2, 0) is 20.7 Å². The van der Waals surface area contributed by atoms with E-state index in [2.05, 4.69) is 6.92 Å². The van der Waals surface area contributed by atoms with Crippen molar-refractivity contribution in [1.82, 2.24) is 4.90 Å². The molecule has 0 bridgehead atoms. The van der Waals surface area contributed by atoms with E-state index >= 15 is 0 Å². The van der Waals surface area contributed by atoms with Gasteiger partial charge in [-0.25, -0.2) is 9.59 Å². The number of amides is 1. The summed E-state index contributed by atoms with van der Waals surface area (Å²) in [5.41, 5.74) is 0.878. The molecule has 0 radical (unpaired) electrons. The van der Waals surface area contributed by atoms with Crippen LogP contribution in [0.3, 0.4) is 0 Å². The van der Waals surface area contributed by atoms with E-state index in [1.54, 1.807) is 11.8 Å². The lowest BCUT2D eigenvalue weighted by molar-refractivity contribution is -0.149. The molecule has 1 N–H and O–H groups in total. The number of rotatable bonds is 16. The molecule has 0 spiro atoms. The van der Waals surface area contributed by atoms with E-state index < -0.39 is 12.1 Å². The summed E-state index contributed by atoms with van der Waals surface area (Å²) in [4.78, 5) is 24.8. The molecular weight excluding hydrogens is 386 g/mol. The molecule has 1 aromatic rings. The van der Waals surface area contributed by atoms with Crippen molar-refractivity contribution in [3.05, 3.63) is 29.8 Å². The Morgan fingerprint density at radius 2 is 1.67 bits per heavy atom. The molecule has 0 aliphatic rings. The van der Waals surface area contributed by atoms with E-state index in [1.807, 2.05) is 24.3 Å². The first kappa shape index (κ1) is 25.8. The molecule has 1 aromatic carbocycles. The lowest BCUT2D eigenvalue weighted by Crippen LogP contribution is -2.33. The second-order valence-electron chi connectivity index (χ2n) is 7.20. The highest BCUT2D eigenvalue weighted by molar-refractivity contribution is 5.72. The van der Waals surface area contributed by atoms with Crippen LogP contribution >= 0.6 is 0 Å². The van der Waals surface area contributed by atoms with Gasteiger partial charge in [0.25, 0.3) is 0 Å². The van der Waals surface area contributed by atoms with Crippen LogP contribution in [0.2, 0.25) is 0 Å². The van der Waals surface area contributed by atoms with E-state index in [4.69, 9.17) is 14.2 Å². The summed E-state index contributed by atoms with van der Waals surface area (Å²) in [6, 6.07) is 7.35. The van der Waals surface area contributed by atoms with Crippen molar-refractivity contribution in [2.75, 3.05) is 33.4 Å². The normalized spacial score (nSPS) is 11.7. The number of carbonyl (C=O) groups excluding carboxylic acids is 1. The Balaban J connectivity index is 2.38. The first-order valence-electron chi connectivity index (χ1n) is 10.9. The quantitative estimate of drug-likeness (QED) is 0.393. The standard InChI is InChI=1S/C23H37NO6/c1-4-6-7-8-9-15-24(23(27)28-3)16-10-17-30-20-13-11-19(12-14-20)18-21(22(25)26)29-5-2/h11-14,21H,4-10,15-18H2,1-3H3,(H,25,26). The van der Waals surface area contributed by atoms with Gasteiger partial charge in [-0.15, -0.1) is 0 Å². The van der Waals surface area contributed by atoms with Crippen molar-refractivity contribution < 1.29 is 28.9 Å². The molecule has 0 aliphatic heterocycles. The summed E-state index contributed by atoms with van der Waals surface area (Å²) < 4.78 is 15.9. The second kappa shape index (κ2) is 15.5. The Morgan fingerprint density at radius 1 is 1.00 bits per heavy atom. The Labute approximate surface area is 180 Å². The molecule has 0 fully saturated rings. The maximum atomic E-state index is 11.9. The van der Waals surface area contributed by atoms with Crippen LogP contribution in [0.15, 0.2) is 24.3 Å². The number of hydrogen-bond donors (Lipinski definition) is 1. The maximum Gasteiger partial charge on any atom is 0.409 e. The zero-order valence-electron chi connectivity index (χ0n) is 18.6. The van der Waals surface area contributed by atoms with Crippen molar-refractivity contribution in [3.8, 4) is 5.75 Å². The first-order chi connectivity index (χ1) is 14.5. The lowest BCUT2D eigenvalue weighted by Gasteiger charge is -2.21. The van der Waals surface area contributed by atoms with Crippen LogP contribution < -0.4 is 4.74 Å². The third-order valence-electron chi connectivity index (χ3n) is 4.79. The van der Waals surface area contributed by atoms with E-state index in [0.717, 1.165) is 18.4 Å². The first-order valence-corrected chi connectivity index (χ1v) is 10.9. The highest BCUT2D eigenvalue weighted by Gasteiger charge is 2.18. The van der Waals surface area contributed by atoms with Gasteiger partial charge in [0.1, 0.15) is 5.75 Å². The third-order valence-corrected chi connectivity index (χ3v) is 4.79. The molecule has 1 unspecified atom stereocenters. The fraction of sp³-hybridized carbons (Fsp3) is 0.652. The van der Waals surface area contributed by atoms with Gasteiger partial charge < -0.3 is 24.2 Å². The van der Waals surface area contributed by atoms with Gasteiger partial charge in [0.05, 0.1) is 13.7 Å². The van der Waals surface area contributed by atoms with Crippen LogP contribution in [-0.4, -0.2) is 61.6 Å². The van der Waals surface area contributed by atoms with E-state index in [-0.39, 0.29) is 6.09 Å². The molecule has 170 valence electrons. The average molecular weight is 424 g/mol. The molecule has 0 saturated carbocycles. The van der Waals surface area contributed by atoms with Crippen molar-refractivity contribution >= 4 is 12.1 Å². The van der Waals surface area contributed by atoms with Crippen LogP contribution in [0.5, 0.6) is 5.75 Å². The molecule has 0 saturated heterocycles. The number of benzene rings is 1. The van der Waals surface area contributed by atoms with Gasteiger partial charge in [0.15, 0.2) is 6.10 Å². The molecule has 0 aromatic heterocycles. The number of nitrogens with zero attached hydrogens (tertiary/aromatic N) is 1. The van der Waals surface area contributed by atoms with Crippen LogP contribution in [0.25, 0.3) is 0 Å². The van der Waals surface area contributed by atoms with E-state index in [1.165, 1.54) is 26.4 Å². The summed E-state index contributed by atoms with van der Waals surface area (Å²) in [7, 11) is 1.41. The Morgan fingerprint density at radius 3 is 2.27 bits per heavy atom. The molecule has 7 heteroatoms. The van der Waals surface area contributed by atoms with Crippen molar-refractivity contribution in [3.63, 3.8) is 0 Å². The van der Waals surface area contributed by atoms with Gasteiger partial charge in [-0.3, -0.25) is 0 Å². The Hall–Kier alpha value is -2.28. The van der Waals surface area contributed by atoms with Gasteiger partial charge in [-0.05, 0) is 37.5 Å². The molecule has 0 aliphatic carbocycles. The highest BCUT2D eigenvalue weighted by atomic mass is 16.5. The summed E-state index contributed by atoms with van der Waals surface area (Å²) in [6.45, 7) is 6.10. The number of carboxylic acid groups (broad SMARTS) is 1. The third kappa shape index (κ3) is 10.5. The van der Waals surface area contributed by atoms with E-state index in [9.17, 15) is 14.7 Å². The molecule has 30 heavy (non-hydrogen) atoms. The maximum absolute atomic E-state index is 11.9. The molecule has 1 atom stereocenters. The number of ether oxygens (including phenoxy) is 3. The number of aliphatic carboxylic acids is 1. The lowest BCUT2D eigenvalue weighted by atomic mass is 10.1. The smallest absolute Gasteiger partial charge is 0.409 e. The topological polar surface area (TPSA) is 85.3 Å². The minimum Gasteiger partial charge on any atom is -0.494 e. The van der Waals surface area contributed by atoms with Gasteiger partial charge >= 0.3 is 12.1 Å². The predicted molar refractivity (Wildman–Crippen MR) is 116 cm³/mol. The van der Waals surface area contributed by atoms with Crippen LogP contribution in [0.4, 0.5) is 4.79 Å². The van der Waals surface area contributed by atoms with Gasteiger partial charge in [-0.2, -0.15) is 0 Å². The van der Waals surface area contributed by atoms with Crippen molar-refractivity contribution in [2.24, 2.45) is 0 Å². The highest BCUT2D eigenvalue weighted by Crippen LogP contribution is 2.15. The molecule has 1 amide bonds. The SMILES string of the molecule is CCCCCCCN(CCCOc1ccc(CC(OCC)C(=O)O)cc1)C(=O)OC. The summed E-state index contributed by atoms with van der Waals surface area (Å²) in [5.74, 6) is -0.246. The number of methoxy groups -OCH3 is 1. The molecule has 0 heterocycles. The van der Waals surface area contributed by atoms with Crippen LogP contribution in [0.1, 0.15) is 57.9 Å². The zero-order chi connectivity index (χ0) is 22.2. The average Bonchev–Trinajstić information content (AvgIpc) is 2.75. The van der Waals surface area contributed by atoms with E-state index in [0.29, 0.717) is 44.9 Å². The van der Waals surface area contributed by atoms with Gasteiger partial charge in [-0.1, -0.05) is 44.7 Å². The summed E-state index contributed by atoms with van der Waals surface area (Å²) in [6.07, 6.45) is 5.62. The zero-order valence-corrected chi connectivity index (χ0v) is 18.6. The number of hydrogen-bond acceptors (Lipinski definition) is 5. The second-order valence-corrected chi connectivity index (χ2v) is 7.20. The van der Waals surface area contributed by atoms with Gasteiger partial charge in [0.2, 0.25) is 0 Å². The minimum absolute atomic E-state index is 0.294. The molecule has 7 nitrogen and oxygen atoms in total. The predicted octanol–water partition coefficient (Wildman–Crippen LogP) is 4.53. The number of unbranched alkanes of at least 4 members (excludes halogenated alkanes) is 4. The fourth-order valence-electron chi connectivity index (χ4n) is 3.13. The monoisotopic (exact) mass is 423 g/mol. The van der Waals surface area contributed by atoms with Gasteiger partial charge in [0, 0.05) is 26.1 Å². The fourth-order valence-corrected chi connectivity index (χ4v) is 3.13. The van der Waals surface area contributed by atoms with Crippen molar-refractivity contribution in [1.29, 1.82) is 0 Å². The van der Waals surface area contributed by atoms with Crippen molar-refractivity contribution in [2.45, 2.75) is 64.9 Å². The molecular formula is C23H37NO6. The summed E-state index contributed by atoms with van der Waals surface area (Å²) in [5, 5.41) is 9.17. The van der Waals surface area contributed by atoms with Crippen LogP contribution in [0, 0.1) is 0 Å². The number of carbonyl (C=O) groups is 2. The number of carboxylic acids is 1.